The number of rotatable bonds is 4. The summed E-state index contributed by atoms with van der Waals surface area (Å²) < 4.78 is 0. The molecule has 1 radical (unpaired) electrons. The van der Waals surface area contributed by atoms with Crippen molar-refractivity contribution in [3.63, 3.8) is 0 Å². The van der Waals surface area contributed by atoms with Crippen LogP contribution in [-0.2, 0) is 0 Å². The fourth-order valence-electron chi connectivity index (χ4n) is 3.35. The van der Waals surface area contributed by atoms with E-state index in [1.54, 1.807) is 0 Å². The van der Waals surface area contributed by atoms with Crippen LogP contribution in [0.15, 0.2) is 110 Å². The molecule has 0 heterocycles. The Kier molecular flexibility index (Phi) is 4.32. The van der Waals surface area contributed by atoms with Crippen molar-refractivity contribution in [2.75, 3.05) is 0 Å². The smallest absolute Gasteiger partial charge is 0.0986 e. The zero-order valence-electron chi connectivity index (χ0n) is 14.0. The van der Waals surface area contributed by atoms with Crippen molar-refractivity contribution < 1.29 is 0 Å². The second-order valence-electron chi connectivity index (χ2n) is 6.11. The first-order chi connectivity index (χ1) is 12.3. The van der Waals surface area contributed by atoms with Gasteiger partial charge in [-0.05, 0) is 21.5 Å². The van der Waals surface area contributed by atoms with Crippen molar-refractivity contribution in [2.24, 2.45) is 0 Å². The Balaban J connectivity index is 1.89. The highest BCUT2D eigenvalue weighted by atomic mass is 28.3. The van der Waals surface area contributed by atoms with E-state index >= 15 is 0 Å². The molecule has 0 aliphatic carbocycles. The summed E-state index contributed by atoms with van der Waals surface area (Å²) in [6, 6.07) is 36.7. The van der Waals surface area contributed by atoms with Gasteiger partial charge in [-0.1, -0.05) is 120 Å². The van der Waals surface area contributed by atoms with Gasteiger partial charge in [-0.15, -0.1) is 0 Å². The lowest BCUT2D eigenvalue weighted by molar-refractivity contribution is 1.69. The highest BCUT2D eigenvalue weighted by molar-refractivity contribution is 6.99. The Morgan fingerprint density at radius 1 is 0.560 bits per heavy atom. The Bertz CT molecular complexity index is 959. The molecular formula is C24H19Si. The van der Waals surface area contributed by atoms with E-state index in [0.717, 1.165) is 0 Å². The molecule has 1 heteroatoms. The van der Waals surface area contributed by atoms with Crippen molar-refractivity contribution in [3.8, 4) is 0 Å². The van der Waals surface area contributed by atoms with Crippen LogP contribution in [0.1, 0.15) is 5.56 Å². The van der Waals surface area contributed by atoms with E-state index in [0.29, 0.717) is 0 Å². The molecule has 119 valence electrons. The van der Waals surface area contributed by atoms with Crippen LogP contribution >= 0.6 is 0 Å². The van der Waals surface area contributed by atoms with Gasteiger partial charge in [-0.25, -0.2) is 0 Å². The molecule has 0 spiro atoms. The van der Waals surface area contributed by atoms with E-state index in [4.69, 9.17) is 0 Å². The maximum atomic E-state index is 4.57. The molecule has 0 aliphatic heterocycles. The third-order valence-electron chi connectivity index (χ3n) is 4.54. The van der Waals surface area contributed by atoms with Gasteiger partial charge in [0, 0.05) is 0 Å². The van der Waals surface area contributed by atoms with Crippen molar-refractivity contribution in [2.45, 2.75) is 0 Å². The van der Waals surface area contributed by atoms with Gasteiger partial charge in [-0.2, -0.15) is 0 Å². The molecule has 0 nitrogen and oxygen atoms in total. The predicted octanol–water partition coefficient (Wildman–Crippen LogP) is 4.70. The average molecular weight is 336 g/mol. The van der Waals surface area contributed by atoms with Crippen LogP contribution in [0.3, 0.4) is 0 Å². The van der Waals surface area contributed by atoms with Gasteiger partial charge in [0.15, 0.2) is 8.80 Å². The monoisotopic (exact) mass is 335 g/mol. The first-order valence-corrected chi connectivity index (χ1v) is 10.00. The van der Waals surface area contributed by atoms with Crippen LogP contribution in [0.5, 0.6) is 0 Å². The highest BCUT2D eigenvalue weighted by Gasteiger charge is 2.22. The van der Waals surface area contributed by atoms with Gasteiger partial charge < -0.3 is 0 Å². The summed E-state index contributed by atoms with van der Waals surface area (Å²) >= 11 is 0. The van der Waals surface area contributed by atoms with Gasteiger partial charge in [0.1, 0.15) is 0 Å². The molecule has 0 aliphatic rings. The predicted molar refractivity (Wildman–Crippen MR) is 111 cm³/mol. The first-order valence-electron chi connectivity index (χ1n) is 8.50. The first kappa shape index (κ1) is 15.6. The minimum atomic E-state index is -1.11. The fourth-order valence-corrected chi connectivity index (χ4v) is 5.92. The summed E-state index contributed by atoms with van der Waals surface area (Å²) in [6.07, 6.45) is 0. The van der Waals surface area contributed by atoms with Crippen LogP contribution < -0.4 is 10.4 Å². The lowest BCUT2D eigenvalue weighted by Crippen LogP contribution is -2.43. The Morgan fingerprint density at radius 2 is 1.08 bits per heavy atom. The largest absolute Gasteiger partial charge is 0.154 e. The normalized spacial score (nSPS) is 10.9. The van der Waals surface area contributed by atoms with Crippen LogP contribution in [-0.4, -0.2) is 8.80 Å². The third kappa shape index (κ3) is 3.07. The SMILES string of the molecule is C=C(c1cccc2ccccc12)[Si](c1ccccc1)c1ccccc1. The molecule has 0 bridgehead atoms. The Labute approximate surface area is 150 Å². The van der Waals surface area contributed by atoms with E-state index in [1.807, 2.05) is 0 Å². The van der Waals surface area contributed by atoms with E-state index in [2.05, 4.69) is 110 Å². The molecule has 4 rings (SSSR count). The minimum Gasteiger partial charge on any atom is -0.0986 e. The molecule has 4 aromatic carbocycles. The Morgan fingerprint density at radius 3 is 1.72 bits per heavy atom. The minimum absolute atomic E-state index is 1.11. The highest BCUT2D eigenvalue weighted by Crippen LogP contribution is 2.25. The molecule has 0 aromatic heterocycles. The van der Waals surface area contributed by atoms with E-state index in [1.165, 1.54) is 31.9 Å². The molecular weight excluding hydrogens is 316 g/mol. The second-order valence-corrected chi connectivity index (χ2v) is 8.62. The molecule has 25 heavy (non-hydrogen) atoms. The third-order valence-corrected chi connectivity index (χ3v) is 7.24. The molecule has 0 N–H and O–H groups in total. The van der Waals surface area contributed by atoms with Crippen molar-refractivity contribution in [1.29, 1.82) is 0 Å². The lowest BCUT2D eigenvalue weighted by Gasteiger charge is -2.20. The van der Waals surface area contributed by atoms with Gasteiger partial charge >= 0.3 is 0 Å². The topological polar surface area (TPSA) is 0 Å². The summed E-state index contributed by atoms with van der Waals surface area (Å²) in [4.78, 5) is 0. The second kappa shape index (κ2) is 6.92. The van der Waals surface area contributed by atoms with Gasteiger partial charge in [0.25, 0.3) is 0 Å². The van der Waals surface area contributed by atoms with E-state index in [9.17, 15) is 0 Å². The molecule has 4 aromatic rings. The maximum absolute atomic E-state index is 4.57. The van der Waals surface area contributed by atoms with Gasteiger partial charge in [-0.3, -0.25) is 0 Å². The molecule has 0 amide bonds. The number of hydrogen-bond donors (Lipinski definition) is 0. The standard InChI is InChI=1S/C24H19Si/c1-19(23-18-10-12-20-11-8-9-17-24(20)23)25(21-13-4-2-5-14-21)22-15-6-3-7-16-22/h2-18H,1H2. The zero-order chi connectivity index (χ0) is 17.1. The summed E-state index contributed by atoms with van der Waals surface area (Å²) in [7, 11) is -1.11. The van der Waals surface area contributed by atoms with Crippen LogP contribution in [0.4, 0.5) is 0 Å². The van der Waals surface area contributed by atoms with Crippen LogP contribution in [0, 0.1) is 0 Å². The number of benzene rings is 4. The van der Waals surface area contributed by atoms with E-state index in [-0.39, 0.29) is 0 Å². The van der Waals surface area contributed by atoms with Crippen molar-refractivity contribution in [3.05, 3.63) is 115 Å². The maximum Gasteiger partial charge on any atom is 0.154 e. The van der Waals surface area contributed by atoms with Crippen LogP contribution in [0.2, 0.25) is 0 Å². The molecule has 0 atom stereocenters. The summed E-state index contributed by atoms with van der Waals surface area (Å²) in [5.41, 5.74) is 1.26. The molecule has 0 unspecified atom stereocenters. The van der Waals surface area contributed by atoms with Gasteiger partial charge in [0.2, 0.25) is 0 Å². The van der Waals surface area contributed by atoms with Crippen LogP contribution in [0.25, 0.3) is 16.0 Å². The van der Waals surface area contributed by atoms with E-state index < -0.39 is 8.80 Å². The van der Waals surface area contributed by atoms with Gasteiger partial charge in [0.05, 0.1) is 0 Å². The quantitative estimate of drug-likeness (QED) is 0.474. The molecule has 0 fully saturated rings. The Hall–Kier alpha value is -2.90. The fraction of sp³-hybridized carbons (Fsp3) is 0. The lowest BCUT2D eigenvalue weighted by atomic mass is 10.0. The summed E-state index contributed by atoms with van der Waals surface area (Å²) in [6.45, 7) is 4.57. The van der Waals surface area contributed by atoms with Crippen molar-refractivity contribution in [1.82, 2.24) is 0 Å². The number of fused-ring (bicyclic) bond motifs is 1. The summed E-state index contributed by atoms with van der Waals surface area (Å²) in [5.74, 6) is 0. The van der Waals surface area contributed by atoms with Crippen molar-refractivity contribution >= 4 is 35.1 Å². The molecule has 0 saturated heterocycles. The zero-order valence-corrected chi connectivity index (χ0v) is 15.0. The number of hydrogen-bond acceptors (Lipinski definition) is 0. The molecule has 0 saturated carbocycles. The average Bonchev–Trinajstić information content (AvgIpc) is 2.69. The summed E-state index contributed by atoms with van der Waals surface area (Å²) in [5, 5.41) is 6.53.